The maximum atomic E-state index is 14.5. The number of anilines is 1. The van der Waals surface area contributed by atoms with Crippen LogP contribution in [0.3, 0.4) is 0 Å². The fourth-order valence-corrected chi connectivity index (χ4v) is 6.74. The molecule has 0 radical (unpaired) electrons. The summed E-state index contributed by atoms with van der Waals surface area (Å²) in [7, 11) is -2.66. The van der Waals surface area contributed by atoms with Gasteiger partial charge in [-0.15, -0.1) is 0 Å². The summed E-state index contributed by atoms with van der Waals surface area (Å²) in [6.07, 6.45) is 0.242. The molecule has 236 valence electrons. The van der Waals surface area contributed by atoms with E-state index in [1.54, 1.807) is 36.4 Å². The van der Waals surface area contributed by atoms with Gasteiger partial charge in [0.2, 0.25) is 11.8 Å². The minimum Gasteiger partial charge on any atom is -0.497 e. The zero-order valence-corrected chi connectivity index (χ0v) is 28.2. The number of methoxy groups -OCH3 is 1. The predicted molar refractivity (Wildman–Crippen MR) is 181 cm³/mol. The number of rotatable bonds is 13. The first-order chi connectivity index (χ1) is 21.5. The fraction of sp³-hybridized carbons (Fsp3) is 0.257. The van der Waals surface area contributed by atoms with Gasteiger partial charge in [-0.1, -0.05) is 76.1 Å². The van der Waals surface area contributed by atoms with Crippen molar-refractivity contribution in [2.45, 2.75) is 50.7 Å². The van der Waals surface area contributed by atoms with Gasteiger partial charge in [0.1, 0.15) is 18.3 Å². The second-order valence-electron chi connectivity index (χ2n) is 11.0. The zero-order valence-electron chi connectivity index (χ0n) is 25.8. The second-order valence-corrected chi connectivity index (χ2v) is 13.8. The quantitative estimate of drug-likeness (QED) is 0.182. The third-order valence-electron chi connectivity index (χ3n) is 7.19. The van der Waals surface area contributed by atoms with Gasteiger partial charge in [-0.2, -0.15) is 0 Å². The smallest absolute Gasteiger partial charge is 0.264 e. The SMILES string of the molecule is COc1ccc(N(CC(=O)N(Cc2cccc(Br)c2)C(Cc2ccccc2)C(=O)NC(C)C)S(=O)(=O)c2ccc(C)cc2)cc1. The number of nitrogens with one attached hydrogen (secondary N) is 1. The highest BCUT2D eigenvalue weighted by Crippen LogP contribution is 2.27. The van der Waals surface area contributed by atoms with E-state index in [9.17, 15) is 18.0 Å². The summed E-state index contributed by atoms with van der Waals surface area (Å²) in [6, 6.07) is 28.8. The molecule has 0 saturated carbocycles. The van der Waals surface area contributed by atoms with Crippen LogP contribution in [-0.4, -0.2) is 50.9 Å². The summed E-state index contributed by atoms with van der Waals surface area (Å²) < 4.78 is 35.5. The molecule has 0 spiro atoms. The monoisotopic (exact) mass is 691 g/mol. The average Bonchev–Trinajstić information content (AvgIpc) is 3.02. The number of carbonyl (C=O) groups is 2. The van der Waals surface area contributed by atoms with Gasteiger partial charge in [-0.3, -0.25) is 13.9 Å². The van der Waals surface area contributed by atoms with E-state index in [-0.39, 0.29) is 29.8 Å². The Morgan fingerprint density at radius 2 is 1.51 bits per heavy atom. The average molecular weight is 693 g/mol. The Labute approximate surface area is 274 Å². The van der Waals surface area contributed by atoms with Crippen LogP contribution in [0, 0.1) is 6.92 Å². The highest BCUT2D eigenvalue weighted by molar-refractivity contribution is 9.10. The number of benzene rings is 4. The van der Waals surface area contributed by atoms with E-state index in [1.807, 2.05) is 75.4 Å². The maximum Gasteiger partial charge on any atom is 0.264 e. The first-order valence-corrected chi connectivity index (χ1v) is 16.8. The largest absolute Gasteiger partial charge is 0.497 e. The summed E-state index contributed by atoms with van der Waals surface area (Å²) >= 11 is 3.50. The number of sulfonamides is 1. The number of amides is 2. The number of halogens is 1. The molecule has 45 heavy (non-hydrogen) atoms. The normalized spacial score (nSPS) is 12.0. The summed E-state index contributed by atoms with van der Waals surface area (Å²) in [6.45, 7) is 5.14. The van der Waals surface area contributed by atoms with Crippen molar-refractivity contribution in [1.82, 2.24) is 10.2 Å². The van der Waals surface area contributed by atoms with Crippen LogP contribution in [0.25, 0.3) is 0 Å². The Morgan fingerprint density at radius 1 is 0.867 bits per heavy atom. The van der Waals surface area contributed by atoms with Gasteiger partial charge < -0.3 is 15.0 Å². The standard InChI is InChI=1S/C35H38BrN3O5S/c1-25(2)37-35(41)33(22-27-9-6-5-7-10-27)38(23-28-11-8-12-29(36)21-28)34(40)24-39(30-15-17-31(44-4)18-16-30)45(42,43)32-19-13-26(3)14-20-32/h5-21,25,33H,22-24H2,1-4H3,(H,37,41). The number of carbonyl (C=O) groups excluding carboxylic acids is 2. The molecule has 4 aromatic rings. The summed E-state index contributed by atoms with van der Waals surface area (Å²) in [5.41, 5.74) is 2.85. The molecule has 0 aromatic heterocycles. The molecular weight excluding hydrogens is 654 g/mol. The Hall–Kier alpha value is -4.15. The van der Waals surface area contributed by atoms with Crippen LogP contribution in [0.2, 0.25) is 0 Å². The van der Waals surface area contributed by atoms with E-state index in [4.69, 9.17) is 4.74 Å². The molecule has 1 unspecified atom stereocenters. The zero-order chi connectivity index (χ0) is 32.6. The lowest BCUT2D eigenvalue weighted by molar-refractivity contribution is -0.140. The van der Waals surface area contributed by atoms with Crippen molar-refractivity contribution >= 4 is 43.5 Å². The van der Waals surface area contributed by atoms with Crippen molar-refractivity contribution < 1.29 is 22.7 Å². The third-order valence-corrected chi connectivity index (χ3v) is 9.47. The van der Waals surface area contributed by atoms with Gasteiger partial charge >= 0.3 is 0 Å². The molecule has 0 aliphatic rings. The highest BCUT2D eigenvalue weighted by atomic mass is 79.9. The van der Waals surface area contributed by atoms with E-state index >= 15 is 0 Å². The van der Waals surface area contributed by atoms with Crippen LogP contribution < -0.4 is 14.4 Å². The lowest BCUT2D eigenvalue weighted by Crippen LogP contribution is -2.54. The number of aryl methyl sites for hydroxylation is 1. The number of ether oxygens (including phenoxy) is 1. The van der Waals surface area contributed by atoms with Crippen LogP contribution in [0.4, 0.5) is 5.69 Å². The van der Waals surface area contributed by atoms with E-state index in [2.05, 4.69) is 21.2 Å². The van der Waals surface area contributed by atoms with E-state index in [0.29, 0.717) is 11.4 Å². The van der Waals surface area contributed by atoms with Crippen molar-refractivity contribution in [3.05, 3.63) is 124 Å². The van der Waals surface area contributed by atoms with Gasteiger partial charge in [0.25, 0.3) is 10.0 Å². The van der Waals surface area contributed by atoms with Gasteiger partial charge in [-0.25, -0.2) is 8.42 Å². The molecule has 4 rings (SSSR count). The molecule has 0 bridgehead atoms. The van der Waals surface area contributed by atoms with E-state index in [0.717, 1.165) is 25.5 Å². The Bertz CT molecular complexity index is 1700. The molecule has 4 aromatic carbocycles. The van der Waals surface area contributed by atoms with Gasteiger partial charge in [0.15, 0.2) is 0 Å². The first-order valence-electron chi connectivity index (χ1n) is 14.6. The molecule has 2 amide bonds. The van der Waals surface area contributed by atoms with Gasteiger partial charge in [0.05, 0.1) is 17.7 Å². The van der Waals surface area contributed by atoms with Crippen LogP contribution in [0.1, 0.15) is 30.5 Å². The third kappa shape index (κ3) is 8.95. The van der Waals surface area contributed by atoms with Crippen molar-refractivity contribution in [3.8, 4) is 5.75 Å². The molecule has 0 heterocycles. The Morgan fingerprint density at radius 3 is 2.11 bits per heavy atom. The first kappa shape index (κ1) is 33.7. The molecule has 0 aliphatic heterocycles. The minimum absolute atomic E-state index is 0.0497. The lowest BCUT2D eigenvalue weighted by atomic mass is 10.0. The van der Waals surface area contributed by atoms with E-state index < -0.39 is 28.5 Å². The second kappa shape index (κ2) is 15.2. The number of hydrogen-bond donors (Lipinski definition) is 1. The number of hydrogen-bond acceptors (Lipinski definition) is 5. The molecular formula is C35H38BrN3O5S. The van der Waals surface area contributed by atoms with Gasteiger partial charge in [0, 0.05) is 23.5 Å². The number of nitrogens with zero attached hydrogens (tertiary/aromatic N) is 2. The Kier molecular flexibility index (Phi) is 11.4. The molecule has 1 N–H and O–H groups in total. The van der Waals surface area contributed by atoms with Crippen LogP contribution in [-0.2, 0) is 32.6 Å². The van der Waals surface area contributed by atoms with E-state index in [1.165, 1.54) is 24.1 Å². The van der Waals surface area contributed by atoms with Crippen LogP contribution in [0.15, 0.2) is 112 Å². The van der Waals surface area contributed by atoms with Crippen molar-refractivity contribution in [2.75, 3.05) is 18.0 Å². The summed E-state index contributed by atoms with van der Waals surface area (Å²) in [5.74, 6) is -0.307. The van der Waals surface area contributed by atoms with Crippen LogP contribution >= 0.6 is 15.9 Å². The van der Waals surface area contributed by atoms with Gasteiger partial charge in [-0.05, 0) is 80.4 Å². The Balaban J connectivity index is 1.81. The summed E-state index contributed by atoms with van der Waals surface area (Å²) in [5, 5.41) is 2.97. The molecule has 1 atom stereocenters. The molecule has 10 heteroatoms. The minimum atomic E-state index is -4.19. The lowest BCUT2D eigenvalue weighted by Gasteiger charge is -2.34. The molecule has 0 fully saturated rings. The van der Waals surface area contributed by atoms with Crippen LogP contribution in [0.5, 0.6) is 5.75 Å². The van der Waals surface area contributed by atoms with Crippen molar-refractivity contribution in [2.24, 2.45) is 0 Å². The topological polar surface area (TPSA) is 96.0 Å². The fourth-order valence-electron chi connectivity index (χ4n) is 4.88. The summed E-state index contributed by atoms with van der Waals surface area (Å²) in [4.78, 5) is 29.8. The predicted octanol–water partition coefficient (Wildman–Crippen LogP) is 6.13. The molecule has 8 nitrogen and oxygen atoms in total. The molecule has 0 aliphatic carbocycles. The van der Waals surface area contributed by atoms with Crippen molar-refractivity contribution in [1.29, 1.82) is 0 Å². The molecule has 0 saturated heterocycles. The van der Waals surface area contributed by atoms with Crippen molar-refractivity contribution in [3.63, 3.8) is 0 Å². The highest BCUT2D eigenvalue weighted by Gasteiger charge is 2.35. The maximum absolute atomic E-state index is 14.5.